The number of nitrogens with zero attached hydrogens (tertiary/aromatic N) is 5. The van der Waals surface area contributed by atoms with Gasteiger partial charge in [0.1, 0.15) is 0 Å². The van der Waals surface area contributed by atoms with E-state index in [-0.39, 0.29) is 18.7 Å². The second kappa shape index (κ2) is 13.7. The van der Waals surface area contributed by atoms with Crippen LogP contribution in [-0.4, -0.2) is 129 Å². The van der Waals surface area contributed by atoms with Gasteiger partial charge in [0.05, 0.1) is 24.6 Å². The maximum atomic E-state index is 11.5. The summed E-state index contributed by atoms with van der Waals surface area (Å²) in [6, 6.07) is 5.30. The first-order valence-corrected chi connectivity index (χ1v) is 11.1. The van der Waals surface area contributed by atoms with E-state index in [0.717, 1.165) is 0 Å². The zero-order chi connectivity index (χ0) is 26.0. The molecular formula is C22H31N5O8. The Balaban J connectivity index is 2.26. The van der Waals surface area contributed by atoms with Crippen molar-refractivity contribution in [1.29, 1.82) is 0 Å². The molecule has 0 saturated carbocycles. The normalized spacial score (nSPS) is 17.3. The number of carboxylic acid groups (broad SMARTS) is 3. The molecule has 1 unspecified atom stereocenters. The maximum Gasteiger partial charge on any atom is 0.317 e. The lowest BCUT2D eigenvalue weighted by atomic mass is 10.0. The van der Waals surface area contributed by atoms with Crippen molar-refractivity contribution >= 4 is 23.6 Å². The minimum absolute atomic E-state index is 0.0835. The molecule has 1 aromatic carbocycles. The van der Waals surface area contributed by atoms with Crippen LogP contribution < -0.4 is 0 Å². The fourth-order valence-corrected chi connectivity index (χ4v) is 3.98. The fraction of sp³-hybridized carbons (Fsp3) is 0.545. The molecule has 13 nitrogen and oxygen atoms in total. The van der Waals surface area contributed by atoms with Gasteiger partial charge < -0.3 is 15.3 Å². The predicted molar refractivity (Wildman–Crippen MR) is 124 cm³/mol. The van der Waals surface area contributed by atoms with Crippen LogP contribution in [0.1, 0.15) is 5.56 Å². The highest BCUT2D eigenvalue weighted by Gasteiger charge is 2.27. The minimum Gasteiger partial charge on any atom is -0.480 e. The molecule has 2 radical (unpaired) electrons. The van der Waals surface area contributed by atoms with Gasteiger partial charge in [-0.1, -0.05) is 12.1 Å². The number of carboxylic acids is 3. The average Bonchev–Trinajstić information content (AvgIpc) is 2.84. The molecule has 35 heavy (non-hydrogen) atoms. The van der Waals surface area contributed by atoms with Gasteiger partial charge in [0.2, 0.25) is 0 Å². The summed E-state index contributed by atoms with van der Waals surface area (Å²) >= 11 is 0. The number of rotatable bonds is 12. The second-order valence-corrected chi connectivity index (χ2v) is 8.48. The van der Waals surface area contributed by atoms with Crippen LogP contribution in [-0.2, 0) is 20.8 Å². The third kappa shape index (κ3) is 10.3. The lowest BCUT2D eigenvalue weighted by Crippen LogP contribution is -2.50. The number of nitro benzene ring substituents is 1. The summed E-state index contributed by atoms with van der Waals surface area (Å²) < 4.78 is 0. The number of non-ortho nitro benzene ring substituents is 1. The molecule has 1 saturated heterocycles. The van der Waals surface area contributed by atoms with Crippen LogP contribution in [0, 0.1) is 17.2 Å². The second-order valence-electron chi connectivity index (χ2n) is 8.48. The van der Waals surface area contributed by atoms with Crippen LogP contribution in [0.15, 0.2) is 24.3 Å². The number of benzene rings is 1. The van der Waals surface area contributed by atoms with E-state index < -0.39 is 42.0 Å². The molecule has 0 spiro atoms. The van der Waals surface area contributed by atoms with Crippen LogP contribution in [0.2, 0.25) is 0 Å². The Bertz CT molecular complexity index is 865. The lowest BCUT2D eigenvalue weighted by molar-refractivity contribution is -0.384. The molecule has 192 valence electrons. The van der Waals surface area contributed by atoms with Crippen LogP contribution in [0.4, 0.5) is 5.69 Å². The molecule has 1 aliphatic heterocycles. The first kappa shape index (κ1) is 28.1. The van der Waals surface area contributed by atoms with Gasteiger partial charge >= 0.3 is 17.9 Å². The van der Waals surface area contributed by atoms with Crippen molar-refractivity contribution in [2.24, 2.45) is 0 Å². The first-order valence-electron chi connectivity index (χ1n) is 11.1. The minimum atomic E-state index is -1.18. The van der Waals surface area contributed by atoms with Crippen molar-refractivity contribution < 1.29 is 34.6 Å². The monoisotopic (exact) mass is 493 g/mol. The molecule has 1 aromatic rings. The smallest absolute Gasteiger partial charge is 0.317 e. The van der Waals surface area contributed by atoms with E-state index in [4.69, 9.17) is 7.05 Å². The van der Waals surface area contributed by atoms with Gasteiger partial charge in [0.15, 0.2) is 0 Å². The summed E-state index contributed by atoms with van der Waals surface area (Å²) in [5.41, 5.74) is 0.610. The van der Waals surface area contributed by atoms with Gasteiger partial charge in [-0.2, -0.15) is 0 Å². The molecule has 0 amide bonds. The van der Waals surface area contributed by atoms with E-state index in [0.29, 0.717) is 51.4 Å². The summed E-state index contributed by atoms with van der Waals surface area (Å²) in [6.07, 6.45) is 0.264. The summed E-state index contributed by atoms with van der Waals surface area (Å²) in [4.78, 5) is 51.3. The molecule has 0 aliphatic carbocycles. The quantitative estimate of drug-likeness (QED) is 0.256. The lowest BCUT2D eigenvalue weighted by Gasteiger charge is -2.34. The fourth-order valence-electron chi connectivity index (χ4n) is 3.98. The van der Waals surface area contributed by atoms with Crippen molar-refractivity contribution in [3.8, 4) is 0 Å². The molecule has 1 atom stereocenters. The Hall–Kier alpha value is -3.13. The van der Waals surface area contributed by atoms with Gasteiger partial charge in [0, 0.05) is 71.0 Å². The number of carbonyl (C=O) groups is 3. The molecule has 13 heteroatoms. The third-order valence-corrected chi connectivity index (χ3v) is 5.78. The van der Waals surface area contributed by atoms with Gasteiger partial charge in [-0.05, 0) is 12.0 Å². The molecular weight excluding hydrogens is 462 g/mol. The van der Waals surface area contributed by atoms with E-state index in [1.54, 1.807) is 21.9 Å². The Morgan fingerprint density at radius 3 is 1.94 bits per heavy atom. The Morgan fingerprint density at radius 1 is 0.914 bits per heavy atom. The zero-order valence-corrected chi connectivity index (χ0v) is 19.4. The van der Waals surface area contributed by atoms with Crippen molar-refractivity contribution in [2.75, 3.05) is 65.4 Å². The first-order chi connectivity index (χ1) is 16.5. The molecule has 1 heterocycles. The molecule has 0 aromatic heterocycles. The highest BCUT2D eigenvalue weighted by Crippen LogP contribution is 2.16. The average molecular weight is 494 g/mol. The topological polar surface area (TPSA) is 168 Å². The van der Waals surface area contributed by atoms with Crippen LogP contribution in [0.5, 0.6) is 0 Å². The molecule has 0 bridgehead atoms. The van der Waals surface area contributed by atoms with E-state index in [1.165, 1.54) is 17.0 Å². The Labute approximate surface area is 203 Å². The highest BCUT2D eigenvalue weighted by atomic mass is 16.6. The van der Waals surface area contributed by atoms with Gasteiger partial charge in [0.25, 0.3) is 5.69 Å². The van der Waals surface area contributed by atoms with E-state index in [9.17, 15) is 39.8 Å². The van der Waals surface area contributed by atoms with Crippen molar-refractivity contribution in [3.63, 3.8) is 0 Å². The van der Waals surface area contributed by atoms with Gasteiger partial charge in [-0.3, -0.25) is 44.1 Å². The standard InChI is InChI=1S/C22H31N5O8/c1-23-6-8-24(10-11-25(9-7-23)14-20(28)29)13-19(26(15-21(30)31)16-22(32)33)12-17-2-4-18(5-3-17)27(34)35/h1-5,19H,6-16H2,(H,28,29)(H,30,31)(H,32,33). The SMILES string of the molecule is [CH]N1CCN(CC(=O)O)CCN(CC(Cc2ccc([N+](=O)[O-])cc2)N(CC(=O)O)CC(=O)O)CC1. The van der Waals surface area contributed by atoms with E-state index in [2.05, 4.69) is 0 Å². The van der Waals surface area contributed by atoms with Crippen LogP contribution in [0.3, 0.4) is 0 Å². The van der Waals surface area contributed by atoms with Crippen molar-refractivity contribution in [2.45, 2.75) is 12.5 Å². The number of hydrogen-bond acceptors (Lipinski definition) is 9. The summed E-state index contributed by atoms with van der Waals surface area (Å²) in [5, 5.41) is 38.9. The van der Waals surface area contributed by atoms with E-state index in [1.807, 2.05) is 4.90 Å². The highest BCUT2D eigenvalue weighted by molar-refractivity contribution is 5.72. The molecule has 1 fully saturated rings. The summed E-state index contributed by atoms with van der Waals surface area (Å²) in [5.74, 6) is -3.31. The van der Waals surface area contributed by atoms with Gasteiger partial charge in [-0.25, -0.2) is 0 Å². The molecule has 3 N–H and O–H groups in total. The van der Waals surface area contributed by atoms with E-state index >= 15 is 0 Å². The van der Waals surface area contributed by atoms with Crippen LogP contribution >= 0.6 is 0 Å². The summed E-state index contributed by atoms with van der Waals surface area (Å²) in [7, 11) is 6.03. The molecule has 2 rings (SSSR count). The number of hydrogen-bond donors (Lipinski definition) is 3. The maximum absolute atomic E-state index is 11.5. The Kier molecular flexibility index (Phi) is 11.0. The van der Waals surface area contributed by atoms with Crippen LogP contribution in [0.25, 0.3) is 0 Å². The molecule has 1 aliphatic rings. The zero-order valence-electron chi connectivity index (χ0n) is 19.4. The van der Waals surface area contributed by atoms with Gasteiger partial charge in [-0.15, -0.1) is 0 Å². The summed E-state index contributed by atoms with van der Waals surface area (Å²) in [6.45, 7) is 2.06. The Morgan fingerprint density at radius 2 is 1.43 bits per heavy atom. The predicted octanol–water partition coefficient (Wildman–Crippen LogP) is -0.350. The third-order valence-electron chi connectivity index (χ3n) is 5.78. The van der Waals surface area contributed by atoms with Crippen molar-refractivity contribution in [3.05, 3.63) is 47.0 Å². The van der Waals surface area contributed by atoms with Crippen molar-refractivity contribution in [1.82, 2.24) is 19.6 Å². The number of nitro groups is 1. The largest absolute Gasteiger partial charge is 0.480 e. The number of aliphatic carboxylic acids is 3.